The Hall–Kier alpha value is -3.40. The van der Waals surface area contributed by atoms with Crippen molar-refractivity contribution in [3.63, 3.8) is 0 Å². The van der Waals surface area contributed by atoms with Gasteiger partial charge in [-0.25, -0.2) is 4.79 Å². The van der Waals surface area contributed by atoms with Gasteiger partial charge in [0, 0.05) is 34.2 Å². The van der Waals surface area contributed by atoms with Crippen molar-refractivity contribution in [2.45, 2.75) is 37.9 Å². The Kier molecular flexibility index (Phi) is 6.64. The van der Waals surface area contributed by atoms with Crippen LogP contribution in [-0.4, -0.2) is 56.5 Å². The summed E-state index contributed by atoms with van der Waals surface area (Å²) in [6.07, 6.45) is 2.62. The van der Waals surface area contributed by atoms with E-state index < -0.39 is 24.1 Å². The molecule has 33 heavy (non-hydrogen) atoms. The zero-order chi connectivity index (χ0) is 23.5. The largest absolute Gasteiger partial charge is 0.465 e. The zero-order valence-electron chi connectivity index (χ0n) is 17.9. The maximum atomic E-state index is 12.9. The van der Waals surface area contributed by atoms with Crippen LogP contribution in [0.1, 0.15) is 30.5 Å². The summed E-state index contributed by atoms with van der Waals surface area (Å²) in [5.74, 6) is -0.907. The molecule has 172 valence electrons. The Bertz CT molecular complexity index is 1180. The lowest BCUT2D eigenvalue weighted by Gasteiger charge is -2.22. The predicted octanol–water partition coefficient (Wildman–Crippen LogP) is 2.98. The molecule has 3 atom stereocenters. The molecule has 0 saturated carbocycles. The third kappa shape index (κ3) is 5.00. The number of halogens is 1. The number of pyridine rings is 1. The normalized spacial score (nSPS) is 18.8. The fourth-order valence-electron chi connectivity index (χ4n) is 4.14. The van der Waals surface area contributed by atoms with Gasteiger partial charge < -0.3 is 20.7 Å². The average molecular weight is 514 g/mol. The summed E-state index contributed by atoms with van der Waals surface area (Å²) in [5, 5.41) is 16.0. The minimum Gasteiger partial charge on any atom is -0.465 e. The van der Waals surface area contributed by atoms with Crippen molar-refractivity contribution in [1.82, 2.24) is 25.5 Å². The number of hydrogen-bond acceptors (Lipinski definition) is 4. The standard InChI is InChI=1S/C23H24BrN5O4/c1-13(21(30)26-9-16-8-17-18(24)10-25-11-19(17)28-16)27-22(31)20-7-15(12-29(20)23(32)33)14-5-3-2-4-6-14/h2-6,8,10-11,13,15,20,28H,7,9,12H2,1H3,(H,26,30)(H,27,31)(H,32,33)/t13?,15-,20+/m0/s1. The first kappa shape index (κ1) is 22.8. The number of nitrogens with zero attached hydrogens (tertiary/aromatic N) is 2. The molecule has 0 radical (unpaired) electrons. The van der Waals surface area contributed by atoms with E-state index in [9.17, 15) is 19.5 Å². The molecule has 0 bridgehead atoms. The van der Waals surface area contributed by atoms with Gasteiger partial charge in [0.05, 0.1) is 18.3 Å². The van der Waals surface area contributed by atoms with Crippen LogP contribution in [0, 0.1) is 0 Å². The fraction of sp³-hybridized carbons (Fsp3) is 0.304. The van der Waals surface area contributed by atoms with Crippen LogP contribution < -0.4 is 10.6 Å². The van der Waals surface area contributed by atoms with Gasteiger partial charge in [-0.1, -0.05) is 30.3 Å². The van der Waals surface area contributed by atoms with Crippen LogP contribution in [0.4, 0.5) is 4.79 Å². The maximum Gasteiger partial charge on any atom is 0.408 e. The van der Waals surface area contributed by atoms with E-state index in [1.807, 2.05) is 36.4 Å². The number of rotatable bonds is 6. The van der Waals surface area contributed by atoms with E-state index >= 15 is 0 Å². The Labute approximate surface area is 198 Å². The van der Waals surface area contributed by atoms with Crippen molar-refractivity contribution in [3.8, 4) is 0 Å². The number of fused-ring (bicyclic) bond motifs is 1. The first-order valence-electron chi connectivity index (χ1n) is 10.6. The minimum atomic E-state index is -1.15. The molecule has 10 heteroatoms. The molecule has 4 rings (SSSR count). The van der Waals surface area contributed by atoms with Gasteiger partial charge in [0.15, 0.2) is 0 Å². The summed E-state index contributed by atoms with van der Waals surface area (Å²) in [7, 11) is 0. The number of carbonyl (C=O) groups excluding carboxylic acids is 2. The Morgan fingerprint density at radius 3 is 2.73 bits per heavy atom. The third-order valence-electron chi connectivity index (χ3n) is 5.88. The van der Waals surface area contributed by atoms with E-state index in [1.54, 1.807) is 19.3 Å². The highest BCUT2D eigenvalue weighted by Crippen LogP contribution is 2.32. The second-order valence-electron chi connectivity index (χ2n) is 8.12. The molecule has 1 aliphatic rings. The highest BCUT2D eigenvalue weighted by molar-refractivity contribution is 9.10. The minimum absolute atomic E-state index is 0.0713. The van der Waals surface area contributed by atoms with E-state index in [1.165, 1.54) is 0 Å². The number of H-pyrrole nitrogens is 1. The van der Waals surface area contributed by atoms with Crippen molar-refractivity contribution < 1.29 is 19.5 Å². The van der Waals surface area contributed by atoms with Crippen molar-refractivity contribution in [2.75, 3.05) is 6.54 Å². The molecule has 1 fully saturated rings. The maximum absolute atomic E-state index is 12.9. The lowest BCUT2D eigenvalue weighted by molar-refractivity contribution is -0.130. The van der Waals surface area contributed by atoms with Gasteiger partial charge in [-0.3, -0.25) is 19.5 Å². The van der Waals surface area contributed by atoms with E-state index in [0.717, 1.165) is 31.5 Å². The molecule has 3 heterocycles. The van der Waals surface area contributed by atoms with Gasteiger partial charge in [0.1, 0.15) is 12.1 Å². The molecular weight excluding hydrogens is 490 g/mol. The Balaban J connectivity index is 1.35. The zero-order valence-corrected chi connectivity index (χ0v) is 19.5. The summed E-state index contributed by atoms with van der Waals surface area (Å²) in [6.45, 7) is 2.07. The number of aromatic nitrogens is 2. The molecular formula is C23H24BrN5O4. The van der Waals surface area contributed by atoms with Crippen LogP contribution in [0.5, 0.6) is 0 Å². The van der Waals surface area contributed by atoms with Crippen LogP contribution in [0.3, 0.4) is 0 Å². The lowest BCUT2D eigenvalue weighted by atomic mass is 9.96. The molecule has 3 amide bonds. The van der Waals surface area contributed by atoms with Gasteiger partial charge in [-0.05, 0) is 40.9 Å². The molecule has 1 unspecified atom stereocenters. The number of carbonyl (C=O) groups is 3. The van der Waals surface area contributed by atoms with Crippen LogP contribution in [-0.2, 0) is 16.1 Å². The van der Waals surface area contributed by atoms with Crippen LogP contribution in [0.2, 0.25) is 0 Å². The number of likely N-dealkylation sites (tertiary alicyclic amines) is 1. The van der Waals surface area contributed by atoms with Crippen molar-refractivity contribution in [3.05, 3.63) is 64.5 Å². The van der Waals surface area contributed by atoms with Gasteiger partial charge in [0.25, 0.3) is 0 Å². The summed E-state index contributed by atoms with van der Waals surface area (Å²) >= 11 is 3.44. The number of aromatic amines is 1. The summed E-state index contributed by atoms with van der Waals surface area (Å²) in [6, 6.07) is 9.79. The molecule has 3 aromatic rings. The Morgan fingerprint density at radius 2 is 2.03 bits per heavy atom. The van der Waals surface area contributed by atoms with E-state index in [-0.39, 0.29) is 24.9 Å². The van der Waals surface area contributed by atoms with Crippen LogP contribution in [0.15, 0.2) is 53.3 Å². The molecule has 1 aliphatic heterocycles. The van der Waals surface area contributed by atoms with Crippen molar-refractivity contribution in [2.24, 2.45) is 0 Å². The van der Waals surface area contributed by atoms with Gasteiger partial charge >= 0.3 is 6.09 Å². The summed E-state index contributed by atoms with van der Waals surface area (Å²) in [5.41, 5.74) is 2.63. The molecule has 0 aliphatic carbocycles. The van der Waals surface area contributed by atoms with E-state index in [4.69, 9.17) is 0 Å². The number of benzene rings is 1. The highest BCUT2D eigenvalue weighted by atomic mass is 79.9. The summed E-state index contributed by atoms with van der Waals surface area (Å²) < 4.78 is 0.850. The number of carboxylic acid groups (broad SMARTS) is 1. The van der Waals surface area contributed by atoms with E-state index in [0.29, 0.717) is 6.42 Å². The smallest absolute Gasteiger partial charge is 0.408 e. The monoisotopic (exact) mass is 513 g/mol. The quantitative estimate of drug-likeness (QED) is 0.402. The molecule has 0 spiro atoms. The second kappa shape index (κ2) is 9.62. The second-order valence-corrected chi connectivity index (χ2v) is 8.97. The third-order valence-corrected chi connectivity index (χ3v) is 6.51. The molecule has 9 nitrogen and oxygen atoms in total. The number of nitrogens with one attached hydrogen (secondary N) is 3. The molecule has 4 N–H and O–H groups in total. The van der Waals surface area contributed by atoms with Gasteiger partial charge in [-0.2, -0.15) is 0 Å². The summed E-state index contributed by atoms with van der Waals surface area (Å²) in [4.78, 5) is 45.6. The van der Waals surface area contributed by atoms with Crippen molar-refractivity contribution >= 4 is 44.7 Å². The van der Waals surface area contributed by atoms with Crippen molar-refractivity contribution in [1.29, 1.82) is 0 Å². The number of hydrogen-bond donors (Lipinski definition) is 4. The SMILES string of the molecule is CC(NC(=O)[C@H]1C[C@H](c2ccccc2)CN1C(=O)O)C(=O)NCc1cc2c(Br)cncc2[nH]1. The van der Waals surface area contributed by atoms with E-state index in [2.05, 4.69) is 36.5 Å². The fourth-order valence-corrected chi connectivity index (χ4v) is 4.59. The van der Waals surface area contributed by atoms with Gasteiger partial charge in [-0.15, -0.1) is 0 Å². The highest BCUT2D eigenvalue weighted by Gasteiger charge is 2.40. The van der Waals surface area contributed by atoms with Gasteiger partial charge in [0.2, 0.25) is 11.8 Å². The first-order valence-corrected chi connectivity index (χ1v) is 11.4. The average Bonchev–Trinajstić information content (AvgIpc) is 3.43. The molecule has 1 aromatic carbocycles. The number of amides is 3. The van der Waals surface area contributed by atoms with Crippen LogP contribution in [0.25, 0.3) is 10.9 Å². The lowest BCUT2D eigenvalue weighted by Crippen LogP contribution is -2.51. The predicted molar refractivity (Wildman–Crippen MR) is 126 cm³/mol. The topological polar surface area (TPSA) is 127 Å². The first-order chi connectivity index (χ1) is 15.8. The van der Waals surface area contributed by atoms with Crippen LogP contribution >= 0.6 is 15.9 Å². The molecule has 2 aromatic heterocycles. The Morgan fingerprint density at radius 1 is 1.27 bits per heavy atom. The molecule has 1 saturated heterocycles.